The lowest BCUT2D eigenvalue weighted by Crippen LogP contribution is -2.14. The first-order valence-electron chi connectivity index (χ1n) is 7.04. The number of carbonyl (C=O) groups is 1. The molecule has 8 heteroatoms. The van der Waals surface area contributed by atoms with Gasteiger partial charge in [0.1, 0.15) is 0 Å². The van der Waals surface area contributed by atoms with Crippen molar-refractivity contribution < 1.29 is 9.21 Å². The molecule has 2 aromatic heterocycles. The van der Waals surface area contributed by atoms with Crippen molar-refractivity contribution in [3.8, 4) is 11.5 Å². The molecule has 0 bridgehead atoms. The Bertz CT molecular complexity index is 854. The second-order valence-corrected chi connectivity index (χ2v) is 6.27. The number of thioether (sulfide) groups is 1. The van der Waals surface area contributed by atoms with Gasteiger partial charge in [-0.2, -0.15) is 0 Å². The lowest BCUT2D eigenvalue weighted by molar-refractivity contribution is -0.113. The number of pyridine rings is 1. The van der Waals surface area contributed by atoms with Gasteiger partial charge >= 0.3 is 0 Å². The lowest BCUT2D eigenvalue weighted by Gasteiger charge is -2.06. The van der Waals surface area contributed by atoms with Crippen molar-refractivity contribution in [3.63, 3.8) is 0 Å². The molecule has 0 radical (unpaired) electrons. The average molecular weight is 361 g/mol. The van der Waals surface area contributed by atoms with Gasteiger partial charge in [0.25, 0.3) is 5.22 Å². The highest BCUT2D eigenvalue weighted by Gasteiger charge is 2.12. The summed E-state index contributed by atoms with van der Waals surface area (Å²) in [4.78, 5) is 16.0. The summed E-state index contributed by atoms with van der Waals surface area (Å²) in [7, 11) is 0. The Morgan fingerprint density at radius 2 is 2.21 bits per heavy atom. The fraction of sp³-hybridized carbons (Fsp3) is 0.125. The van der Waals surface area contributed by atoms with Crippen LogP contribution in [0.15, 0.2) is 52.4 Å². The smallest absolute Gasteiger partial charge is 0.277 e. The fourth-order valence-corrected chi connectivity index (χ4v) is 2.75. The Morgan fingerprint density at radius 1 is 1.33 bits per heavy atom. The van der Waals surface area contributed by atoms with E-state index < -0.39 is 0 Å². The SMILES string of the molecule is Cc1ccc(NC(=O)CSc2nnc(-c3cccnc3)o2)c(Cl)c1. The molecule has 0 saturated carbocycles. The normalized spacial score (nSPS) is 10.6. The first-order valence-corrected chi connectivity index (χ1v) is 8.41. The summed E-state index contributed by atoms with van der Waals surface area (Å²) in [5.41, 5.74) is 2.34. The molecule has 0 unspecified atom stereocenters. The van der Waals surface area contributed by atoms with E-state index >= 15 is 0 Å². The molecule has 0 aliphatic carbocycles. The van der Waals surface area contributed by atoms with Crippen LogP contribution in [0.25, 0.3) is 11.5 Å². The summed E-state index contributed by atoms with van der Waals surface area (Å²) in [6.45, 7) is 1.93. The standard InChI is InChI=1S/C16H13ClN4O2S/c1-10-4-5-13(12(17)7-10)19-14(22)9-24-16-21-20-15(23-16)11-3-2-6-18-8-11/h2-8H,9H2,1H3,(H,19,22). The molecule has 1 amide bonds. The Balaban J connectivity index is 1.58. The molecule has 0 fully saturated rings. The van der Waals surface area contributed by atoms with E-state index in [0.29, 0.717) is 21.8 Å². The van der Waals surface area contributed by atoms with Crippen molar-refractivity contribution in [3.05, 3.63) is 53.3 Å². The van der Waals surface area contributed by atoms with Gasteiger partial charge < -0.3 is 9.73 Å². The van der Waals surface area contributed by atoms with E-state index in [1.807, 2.05) is 19.1 Å². The quantitative estimate of drug-likeness (QED) is 0.696. The number of anilines is 1. The molecule has 0 aliphatic rings. The second kappa shape index (κ2) is 7.46. The molecular formula is C16H13ClN4O2S. The van der Waals surface area contributed by atoms with Crippen LogP contribution >= 0.6 is 23.4 Å². The Kier molecular flexibility index (Phi) is 5.12. The molecule has 1 aromatic carbocycles. The number of benzene rings is 1. The minimum Gasteiger partial charge on any atom is -0.411 e. The maximum Gasteiger partial charge on any atom is 0.277 e. The van der Waals surface area contributed by atoms with Gasteiger partial charge in [0, 0.05) is 12.4 Å². The molecule has 24 heavy (non-hydrogen) atoms. The molecular weight excluding hydrogens is 348 g/mol. The van der Waals surface area contributed by atoms with E-state index in [1.165, 1.54) is 0 Å². The van der Waals surface area contributed by atoms with E-state index in [2.05, 4.69) is 20.5 Å². The molecule has 122 valence electrons. The molecule has 6 nitrogen and oxygen atoms in total. The summed E-state index contributed by atoms with van der Waals surface area (Å²) in [6.07, 6.45) is 3.30. The van der Waals surface area contributed by atoms with Gasteiger partial charge in [-0.25, -0.2) is 0 Å². The molecule has 1 N–H and O–H groups in total. The van der Waals surface area contributed by atoms with E-state index in [1.54, 1.807) is 30.6 Å². The minimum absolute atomic E-state index is 0.138. The van der Waals surface area contributed by atoms with Gasteiger partial charge in [0.05, 0.1) is 22.0 Å². The van der Waals surface area contributed by atoms with Gasteiger partial charge in [-0.15, -0.1) is 10.2 Å². The number of rotatable bonds is 5. The Morgan fingerprint density at radius 3 is 2.96 bits per heavy atom. The molecule has 0 aliphatic heterocycles. The van der Waals surface area contributed by atoms with Crippen LogP contribution in [-0.2, 0) is 4.79 Å². The van der Waals surface area contributed by atoms with Gasteiger partial charge in [-0.1, -0.05) is 29.4 Å². The van der Waals surface area contributed by atoms with Crippen LogP contribution in [-0.4, -0.2) is 26.8 Å². The van der Waals surface area contributed by atoms with Gasteiger partial charge in [0.15, 0.2) is 0 Å². The fourth-order valence-electron chi connectivity index (χ4n) is 1.91. The predicted molar refractivity (Wildman–Crippen MR) is 93.1 cm³/mol. The van der Waals surface area contributed by atoms with Gasteiger partial charge in [-0.05, 0) is 36.8 Å². The van der Waals surface area contributed by atoms with Crippen LogP contribution in [0.3, 0.4) is 0 Å². The third-order valence-electron chi connectivity index (χ3n) is 3.04. The van der Waals surface area contributed by atoms with Crippen molar-refractivity contribution >= 4 is 35.0 Å². The molecule has 3 aromatic rings. The van der Waals surface area contributed by atoms with E-state index in [-0.39, 0.29) is 11.7 Å². The maximum absolute atomic E-state index is 12.0. The van der Waals surface area contributed by atoms with E-state index in [4.69, 9.17) is 16.0 Å². The van der Waals surface area contributed by atoms with Crippen LogP contribution in [0.2, 0.25) is 5.02 Å². The zero-order valence-electron chi connectivity index (χ0n) is 12.7. The number of carbonyl (C=O) groups excluding carboxylic acids is 1. The summed E-state index contributed by atoms with van der Waals surface area (Å²) in [5, 5.41) is 11.4. The first kappa shape index (κ1) is 16.5. The number of aromatic nitrogens is 3. The number of amides is 1. The Labute approximate surface area is 147 Å². The highest BCUT2D eigenvalue weighted by molar-refractivity contribution is 7.99. The third-order valence-corrected chi connectivity index (χ3v) is 4.17. The highest BCUT2D eigenvalue weighted by Crippen LogP contribution is 2.25. The topological polar surface area (TPSA) is 80.9 Å². The molecule has 0 saturated heterocycles. The number of hydrogen-bond acceptors (Lipinski definition) is 6. The van der Waals surface area contributed by atoms with E-state index in [0.717, 1.165) is 22.9 Å². The molecule has 3 rings (SSSR count). The largest absolute Gasteiger partial charge is 0.411 e. The number of nitrogens with one attached hydrogen (secondary N) is 1. The summed E-state index contributed by atoms with van der Waals surface area (Å²) in [5.74, 6) is 0.304. The summed E-state index contributed by atoms with van der Waals surface area (Å²) < 4.78 is 5.50. The van der Waals surface area contributed by atoms with Crippen LogP contribution in [0.1, 0.15) is 5.56 Å². The third kappa shape index (κ3) is 4.12. The van der Waals surface area contributed by atoms with Crippen LogP contribution < -0.4 is 5.32 Å². The van der Waals surface area contributed by atoms with Crippen molar-refractivity contribution in [2.75, 3.05) is 11.1 Å². The number of halogens is 1. The van der Waals surface area contributed by atoms with Crippen molar-refractivity contribution in [1.29, 1.82) is 0 Å². The lowest BCUT2D eigenvalue weighted by atomic mass is 10.2. The van der Waals surface area contributed by atoms with Crippen molar-refractivity contribution in [1.82, 2.24) is 15.2 Å². The van der Waals surface area contributed by atoms with Crippen LogP contribution in [0.5, 0.6) is 0 Å². The van der Waals surface area contributed by atoms with Crippen LogP contribution in [0.4, 0.5) is 5.69 Å². The van der Waals surface area contributed by atoms with E-state index in [9.17, 15) is 4.79 Å². The zero-order valence-corrected chi connectivity index (χ0v) is 14.3. The van der Waals surface area contributed by atoms with Gasteiger partial charge in [-0.3, -0.25) is 9.78 Å². The molecule has 2 heterocycles. The Hall–Kier alpha value is -2.38. The number of aryl methyl sites for hydroxylation is 1. The predicted octanol–water partition coefficient (Wildman–Crippen LogP) is 3.82. The maximum atomic E-state index is 12.0. The zero-order chi connectivity index (χ0) is 16.9. The molecule has 0 atom stereocenters. The minimum atomic E-state index is -0.202. The van der Waals surface area contributed by atoms with Crippen molar-refractivity contribution in [2.24, 2.45) is 0 Å². The summed E-state index contributed by atoms with van der Waals surface area (Å²) >= 11 is 7.25. The number of hydrogen-bond donors (Lipinski definition) is 1. The van der Waals surface area contributed by atoms with Crippen LogP contribution in [0, 0.1) is 6.92 Å². The van der Waals surface area contributed by atoms with Crippen molar-refractivity contribution in [2.45, 2.75) is 12.1 Å². The first-order chi connectivity index (χ1) is 11.6. The monoisotopic (exact) mass is 360 g/mol. The summed E-state index contributed by atoms with van der Waals surface area (Å²) in [6, 6.07) is 9.05. The molecule has 0 spiro atoms. The second-order valence-electron chi connectivity index (χ2n) is 4.93. The average Bonchev–Trinajstić information content (AvgIpc) is 3.05. The highest BCUT2D eigenvalue weighted by atomic mass is 35.5. The number of nitrogens with zero attached hydrogens (tertiary/aromatic N) is 3. The van der Waals surface area contributed by atoms with Gasteiger partial charge in [0.2, 0.25) is 11.8 Å².